The second-order valence-corrected chi connectivity index (χ2v) is 6.75. The van der Waals surface area contributed by atoms with Gasteiger partial charge in [-0.15, -0.1) is 5.10 Å². The van der Waals surface area contributed by atoms with Crippen LogP contribution in [0.4, 0.5) is 4.39 Å². The normalized spacial score (nSPS) is 11.0. The molecule has 0 radical (unpaired) electrons. The molecule has 146 valence electrons. The lowest BCUT2D eigenvalue weighted by Gasteiger charge is -2.03. The molecule has 29 heavy (non-hydrogen) atoms. The average molecular weight is 391 g/mol. The van der Waals surface area contributed by atoms with Gasteiger partial charge in [0.15, 0.2) is 0 Å². The molecule has 4 aromatic rings. The molecule has 6 nitrogen and oxygen atoms in total. The Kier molecular flexibility index (Phi) is 4.95. The fraction of sp³-hybridized carbons (Fsp3) is 0.136. The maximum atomic E-state index is 13.1. The number of carbonyl (C=O) groups is 1. The Labute approximate surface area is 165 Å². The van der Waals surface area contributed by atoms with Crippen LogP contribution in [-0.2, 0) is 13.0 Å². The molecule has 0 aliphatic carbocycles. The van der Waals surface area contributed by atoms with Crippen molar-refractivity contribution >= 4 is 11.6 Å². The third-order valence-electron chi connectivity index (χ3n) is 4.57. The van der Waals surface area contributed by atoms with E-state index in [0.29, 0.717) is 24.1 Å². The molecule has 2 aromatic heterocycles. The van der Waals surface area contributed by atoms with Crippen LogP contribution < -0.4 is 10.9 Å². The van der Waals surface area contributed by atoms with E-state index >= 15 is 0 Å². The van der Waals surface area contributed by atoms with Crippen LogP contribution in [0.1, 0.15) is 32.9 Å². The third-order valence-corrected chi connectivity index (χ3v) is 4.57. The first-order valence-electron chi connectivity index (χ1n) is 9.10. The molecule has 1 N–H and O–H groups in total. The summed E-state index contributed by atoms with van der Waals surface area (Å²) in [6, 6.07) is 17.1. The van der Waals surface area contributed by atoms with E-state index in [1.807, 2.05) is 30.3 Å². The van der Waals surface area contributed by atoms with E-state index in [1.165, 1.54) is 12.1 Å². The highest BCUT2D eigenvalue weighted by Crippen LogP contribution is 2.14. The number of halogens is 1. The Morgan fingerprint density at radius 1 is 1.10 bits per heavy atom. The van der Waals surface area contributed by atoms with E-state index < -0.39 is 5.91 Å². The Balaban J connectivity index is 1.60. The van der Waals surface area contributed by atoms with Crippen LogP contribution in [0.5, 0.6) is 0 Å². The number of amides is 1. The molecule has 0 aliphatic heterocycles. The lowest BCUT2D eigenvalue weighted by molar-refractivity contribution is 0.0918. The van der Waals surface area contributed by atoms with Crippen LogP contribution in [0.15, 0.2) is 69.9 Å². The molecular formula is C22H18FN3O3. The molecule has 0 fully saturated rings. The fourth-order valence-electron chi connectivity index (χ4n) is 3.09. The summed E-state index contributed by atoms with van der Waals surface area (Å²) in [5.74, 6) is -1.02. The van der Waals surface area contributed by atoms with Crippen molar-refractivity contribution in [1.29, 1.82) is 0 Å². The minimum Gasteiger partial charge on any atom is -0.414 e. The van der Waals surface area contributed by atoms with Crippen molar-refractivity contribution in [3.8, 4) is 0 Å². The van der Waals surface area contributed by atoms with E-state index in [4.69, 9.17) is 4.42 Å². The summed E-state index contributed by atoms with van der Waals surface area (Å²) in [5, 5.41) is 6.80. The molecule has 0 bridgehead atoms. The molecule has 1 amide bonds. The van der Waals surface area contributed by atoms with Crippen molar-refractivity contribution in [2.24, 2.45) is 0 Å². The van der Waals surface area contributed by atoms with Gasteiger partial charge in [0, 0.05) is 24.1 Å². The number of carbonyl (C=O) groups excluding carboxylic acids is 1. The number of nitrogens with zero attached hydrogens (tertiary/aromatic N) is 2. The fourth-order valence-corrected chi connectivity index (χ4v) is 3.09. The second-order valence-electron chi connectivity index (χ2n) is 6.75. The van der Waals surface area contributed by atoms with Crippen LogP contribution in [0.2, 0.25) is 0 Å². The van der Waals surface area contributed by atoms with Gasteiger partial charge in [-0.25, -0.2) is 4.39 Å². The summed E-state index contributed by atoms with van der Waals surface area (Å²) >= 11 is 0. The first kappa shape index (κ1) is 18.6. The standard InChI is InChI=1S/C22H18FN3O3/c1-14-11-17(12-15-7-9-18(23)10-8-15)21(28)26-22(14)29-20(25-26)19(27)24-13-16-5-3-2-4-6-16/h2-11H,12-13H2,1H3,(H,24,27). The predicted octanol–water partition coefficient (Wildman–Crippen LogP) is 3.26. The van der Waals surface area contributed by atoms with Crippen molar-refractivity contribution in [2.45, 2.75) is 19.9 Å². The summed E-state index contributed by atoms with van der Waals surface area (Å²) in [4.78, 5) is 25.2. The number of benzene rings is 2. The zero-order valence-corrected chi connectivity index (χ0v) is 15.7. The Bertz CT molecular complexity index is 1230. The van der Waals surface area contributed by atoms with E-state index in [2.05, 4.69) is 10.4 Å². The van der Waals surface area contributed by atoms with Crippen molar-refractivity contribution in [3.05, 3.63) is 105 Å². The van der Waals surface area contributed by atoms with E-state index in [1.54, 1.807) is 25.1 Å². The van der Waals surface area contributed by atoms with Crippen molar-refractivity contribution in [3.63, 3.8) is 0 Å². The van der Waals surface area contributed by atoms with E-state index in [0.717, 1.165) is 15.6 Å². The summed E-state index contributed by atoms with van der Waals surface area (Å²) in [7, 11) is 0. The number of hydrogen-bond donors (Lipinski definition) is 1. The molecule has 0 spiro atoms. The van der Waals surface area contributed by atoms with Gasteiger partial charge in [-0.3, -0.25) is 9.59 Å². The van der Waals surface area contributed by atoms with Gasteiger partial charge >= 0.3 is 11.8 Å². The summed E-state index contributed by atoms with van der Waals surface area (Å²) in [6.45, 7) is 2.10. The van der Waals surface area contributed by atoms with Crippen LogP contribution in [0.3, 0.4) is 0 Å². The van der Waals surface area contributed by atoms with Gasteiger partial charge in [0.25, 0.3) is 5.56 Å². The summed E-state index contributed by atoms with van der Waals surface area (Å²) in [5.41, 5.74) is 2.75. The van der Waals surface area contributed by atoms with Crippen LogP contribution in [0.25, 0.3) is 5.71 Å². The molecule has 0 saturated heterocycles. The zero-order valence-electron chi connectivity index (χ0n) is 15.7. The van der Waals surface area contributed by atoms with Crippen molar-refractivity contribution < 1.29 is 13.6 Å². The van der Waals surface area contributed by atoms with Crippen molar-refractivity contribution in [1.82, 2.24) is 14.9 Å². The molecule has 4 rings (SSSR count). The highest BCUT2D eigenvalue weighted by atomic mass is 19.1. The van der Waals surface area contributed by atoms with Gasteiger partial charge in [0.1, 0.15) is 5.82 Å². The number of rotatable bonds is 5. The lowest BCUT2D eigenvalue weighted by atomic mass is 10.1. The molecule has 7 heteroatoms. The number of aryl methyl sites for hydroxylation is 1. The first-order valence-corrected chi connectivity index (χ1v) is 9.10. The molecule has 0 aliphatic rings. The number of aromatic nitrogens is 2. The largest absolute Gasteiger partial charge is 0.414 e. The number of fused-ring (bicyclic) bond motifs is 1. The Hall–Kier alpha value is -3.74. The average Bonchev–Trinajstić information content (AvgIpc) is 3.19. The second kappa shape index (κ2) is 7.71. The van der Waals surface area contributed by atoms with Gasteiger partial charge in [-0.1, -0.05) is 42.5 Å². The Morgan fingerprint density at radius 3 is 2.55 bits per heavy atom. The van der Waals surface area contributed by atoms with Gasteiger partial charge < -0.3 is 9.73 Å². The third kappa shape index (κ3) is 3.94. The van der Waals surface area contributed by atoms with Gasteiger partial charge in [-0.05, 0) is 36.2 Å². The minimum atomic E-state index is -0.503. The van der Waals surface area contributed by atoms with Crippen molar-refractivity contribution in [2.75, 3.05) is 0 Å². The SMILES string of the molecule is Cc1cc(Cc2ccc(F)cc2)c(=O)n2nc(C(=O)NCc3ccccc3)oc12. The van der Waals surface area contributed by atoms with E-state index in [9.17, 15) is 14.0 Å². The molecular weight excluding hydrogens is 373 g/mol. The van der Waals surface area contributed by atoms with Crippen LogP contribution in [-0.4, -0.2) is 15.5 Å². The quantitative estimate of drug-likeness (QED) is 0.567. The van der Waals surface area contributed by atoms with Gasteiger partial charge in [-0.2, -0.15) is 4.52 Å². The maximum Gasteiger partial charge on any atom is 0.309 e. The monoisotopic (exact) mass is 391 g/mol. The van der Waals surface area contributed by atoms with Crippen LogP contribution >= 0.6 is 0 Å². The predicted molar refractivity (Wildman–Crippen MR) is 105 cm³/mol. The summed E-state index contributed by atoms with van der Waals surface area (Å²) in [6.07, 6.45) is 0.325. The molecule has 0 saturated carbocycles. The molecule has 0 atom stereocenters. The molecule has 2 heterocycles. The minimum absolute atomic E-state index is 0.180. The first-order chi connectivity index (χ1) is 14.0. The highest BCUT2D eigenvalue weighted by Gasteiger charge is 2.18. The number of nitrogens with one attached hydrogen (secondary N) is 1. The zero-order chi connectivity index (χ0) is 20.4. The molecule has 0 unspecified atom stereocenters. The van der Waals surface area contributed by atoms with E-state index in [-0.39, 0.29) is 23.0 Å². The van der Waals surface area contributed by atoms with Gasteiger partial charge in [0.2, 0.25) is 5.71 Å². The number of pyridine rings is 1. The smallest absolute Gasteiger partial charge is 0.309 e. The Morgan fingerprint density at radius 2 is 1.83 bits per heavy atom. The highest BCUT2D eigenvalue weighted by molar-refractivity contribution is 5.89. The molecule has 2 aromatic carbocycles. The summed E-state index contributed by atoms with van der Waals surface area (Å²) < 4.78 is 19.7. The maximum absolute atomic E-state index is 13.1. The lowest BCUT2D eigenvalue weighted by Crippen LogP contribution is -2.24. The topological polar surface area (TPSA) is 76.6 Å². The number of hydrogen-bond acceptors (Lipinski definition) is 4. The van der Waals surface area contributed by atoms with Gasteiger partial charge in [0.05, 0.1) is 0 Å². The van der Waals surface area contributed by atoms with Crippen LogP contribution in [0, 0.1) is 12.7 Å².